The zero-order valence-corrected chi connectivity index (χ0v) is 11.0. The van der Waals surface area contributed by atoms with Crippen LogP contribution in [0, 0.1) is 0 Å². The molecule has 1 aliphatic heterocycles. The average Bonchev–Trinajstić information content (AvgIpc) is 2.30. The Labute approximate surface area is 107 Å². The Balaban J connectivity index is 2.04. The van der Waals surface area contributed by atoms with Gasteiger partial charge in [-0.1, -0.05) is 0 Å². The van der Waals surface area contributed by atoms with Crippen molar-refractivity contribution in [1.82, 2.24) is 0 Å². The van der Waals surface area contributed by atoms with E-state index in [0.717, 1.165) is 11.4 Å². The molecule has 0 spiro atoms. The summed E-state index contributed by atoms with van der Waals surface area (Å²) in [7, 11) is -2.85. The van der Waals surface area contributed by atoms with Gasteiger partial charge in [-0.2, -0.15) is 0 Å². The number of carbonyl (C=O) groups excluding carboxylic acids is 1. The molecule has 5 nitrogen and oxygen atoms in total. The molecule has 1 saturated heterocycles. The zero-order valence-electron chi connectivity index (χ0n) is 10.2. The van der Waals surface area contributed by atoms with Gasteiger partial charge < -0.3 is 10.2 Å². The summed E-state index contributed by atoms with van der Waals surface area (Å²) in [4.78, 5) is 12.9. The van der Waals surface area contributed by atoms with Gasteiger partial charge in [0.05, 0.1) is 11.5 Å². The summed E-state index contributed by atoms with van der Waals surface area (Å²) in [5.74, 6) is 0.313. The van der Waals surface area contributed by atoms with Crippen molar-refractivity contribution < 1.29 is 13.2 Å². The van der Waals surface area contributed by atoms with Crippen LogP contribution in [0.25, 0.3) is 0 Å². The fourth-order valence-corrected chi connectivity index (χ4v) is 3.13. The molecule has 2 rings (SSSR count). The van der Waals surface area contributed by atoms with Gasteiger partial charge in [0, 0.05) is 31.4 Å². The summed E-state index contributed by atoms with van der Waals surface area (Å²) >= 11 is 0. The number of sulfone groups is 1. The van der Waals surface area contributed by atoms with E-state index in [9.17, 15) is 13.2 Å². The average molecular weight is 268 g/mol. The highest BCUT2D eigenvalue weighted by Gasteiger charge is 2.21. The number of hydrogen-bond acceptors (Lipinski definition) is 4. The summed E-state index contributed by atoms with van der Waals surface area (Å²) < 4.78 is 22.7. The van der Waals surface area contributed by atoms with Crippen LogP contribution in [0.2, 0.25) is 0 Å². The minimum Gasteiger partial charge on any atom is -0.369 e. The van der Waals surface area contributed by atoms with Gasteiger partial charge in [-0.3, -0.25) is 4.79 Å². The highest BCUT2D eigenvalue weighted by atomic mass is 32.2. The number of benzene rings is 1. The van der Waals surface area contributed by atoms with Gasteiger partial charge in [0.2, 0.25) is 5.91 Å². The predicted molar refractivity (Wildman–Crippen MR) is 71.6 cm³/mol. The summed E-state index contributed by atoms with van der Waals surface area (Å²) in [6.07, 6.45) is 0. The van der Waals surface area contributed by atoms with Gasteiger partial charge in [0.15, 0.2) is 9.84 Å². The Kier molecular flexibility index (Phi) is 3.56. The Morgan fingerprint density at radius 1 is 1.17 bits per heavy atom. The number of amides is 1. The number of hydrogen-bond donors (Lipinski definition) is 1. The van der Waals surface area contributed by atoms with E-state index in [2.05, 4.69) is 5.32 Å². The molecule has 1 amide bonds. The van der Waals surface area contributed by atoms with Crippen LogP contribution in [-0.2, 0) is 14.6 Å². The van der Waals surface area contributed by atoms with E-state index >= 15 is 0 Å². The van der Waals surface area contributed by atoms with E-state index in [1.807, 2.05) is 29.2 Å². The summed E-state index contributed by atoms with van der Waals surface area (Å²) in [6.45, 7) is 2.52. The number of nitrogens with one attached hydrogen (secondary N) is 1. The van der Waals surface area contributed by atoms with Gasteiger partial charge in [-0.15, -0.1) is 0 Å². The second kappa shape index (κ2) is 4.97. The third kappa shape index (κ3) is 3.22. The van der Waals surface area contributed by atoms with E-state index in [1.54, 1.807) is 0 Å². The van der Waals surface area contributed by atoms with Crippen molar-refractivity contribution in [2.75, 3.05) is 34.8 Å². The van der Waals surface area contributed by atoms with E-state index in [4.69, 9.17) is 0 Å². The third-order valence-electron chi connectivity index (χ3n) is 2.90. The van der Waals surface area contributed by atoms with E-state index < -0.39 is 9.84 Å². The maximum atomic E-state index is 11.3. The molecular formula is C12H16N2O3S. The number of anilines is 2. The van der Waals surface area contributed by atoms with Gasteiger partial charge >= 0.3 is 0 Å². The summed E-state index contributed by atoms with van der Waals surface area (Å²) in [5, 5.41) is 2.69. The normalized spacial score (nSPS) is 18.4. The lowest BCUT2D eigenvalue weighted by Gasteiger charge is -2.28. The smallest absolute Gasteiger partial charge is 0.221 e. The molecule has 98 valence electrons. The first kappa shape index (κ1) is 12.9. The SMILES string of the molecule is CC(=O)Nc1ccc(N2CCS(=O)(=O)CC2)cc1. The highest BCUT2D eigenvalue weighted by molar-refractivity contribution is 7.91. The van der Waals surface area contributed by atoms with Crippen LogP contribution in [-0.4, -0.2) is 38.9 Å². The van der Waals surface area contributed by atoms with Crippen molar-refractivity contribution in [3.05, 3.63) is 24.3 Å². The molecule has 0 saturated carbocycles. The lowest BCUT2D eigenvalue weighted by molar-refractivity contribution is -0.114. The van der Waals surface area contributed by atoms with Crippen molar-refractivity contribution in [2.24, 2.45) is 0 Å². The van der Waals surface area contributed by atoms with Crippen LogP contribution >= 0.6 is 0 Å². The largest absolute Gasteiger partial charge is 0.369 e. The molecule has 6 heteroatoms. The first-order chi connectivity index (χ1) is 8.46. The molecule has 0 bridgehead atoms. The number of carbonyl (C=O) groups is 1. The molecule has 18 heavy (non-hydrogen) atoms. The molecule has 0 radical (unpaired) electrons. The van der Waals surface area contributed by atoms with E-state index in [-0.39, 0.29) is 17.4 Å². The maximum absolute atomic E-state index is 11.3. The van der Waals surface area contributed by atoms with Crippen LogP contribution < -0.4 is 10.2 Å². The molecule has 1 aromatic carbocycles. The first-order valence-electron chi connectivity index (χ1n) is 5.79. The lowest BCUT2D eigenvalue weighted by Crippen LogP contribution is -2.40. The van der Waals surface area contributed by atoms with Crippen LogP contribution in [0.5, 0.6) is 0 Å². The molecule has 1 heterocycles. The standard InChI is InChI=1S/C12H16N2O3S/c1-10(15)13-11-2-4-12(5-3-11)14-6-8-18(16,17)9-7-14/h2-5H,6-9H2,1H3,(H,13,15). The Morgan fingerprint density at radius 2 is 1.72 bits per heavy atom. The molecule has 1 fully saturated rings. The van der Waals surface area contributed by atoms with Crippen LogP contribution in [0.4, 0.5) is 11.4 Å². The fraction of sp³-hybridized carbons (Fsp3) is 0.417. The fourth-order valence-electron chi connectivity index (χ4n) is 1.93. The predicted octanol–water partition coefficient (Wildman–Crippen LogP) is 0.880. The minimum atomic E-state index is -2.85. The molecule has 0 aliphatic carbocycles. The number of nitrogens with zero attached hydrogens (tertiary/aromatic N) is 1. The molecule has 1 aromatic rings. The van der Waals surface area contributed by atoms with Crippen molar-refractivity contribution in [3.63, 3.8) is 0 Å². The minimum absolute atomic E-state index is 0.105. The van der Waals surface area contributed by atoms with E-state index in [1.165, 1.54) is 6.92 Å². The topological polar surface area (TPSA) is 66.5 Å². The quantitative estimate of drug-likeness (QED) is 0.864. The van der Waals surface area contributed by atoms with Gasteiger partial charge in [-0.25, -0.2) is 8.42 Å². The molecule has 0 unspecified atom stereocenters. The van der Waals surface area contributed by atoms with Crippen LogP contribution in [0.3, 0.4) is 0 Å². The maximum Gasteiger partial charge on any atom is 0.221 e. The van der Waals surface area contributed by atoms with Crippen molar-refractivity contribution in [2.45, 2.75) is 6.92 Å². The summed E-state index contributed by atoms with van der Waals surface area (Å²) in [6, 6.07) is 7.42. The van der Waals surface area contributed by atoms with Crippen LogP contribution in [0.15, 0.2) is 24.3 Å². The Hall–Kier alpha value is -1.56. The monoisotopic (exact) mass is 268 g/mol. The first-order valence-corrected chi connectivity index (χ1v) is 7.61. The van der Waals surface area contributed by atoms with Gasteiger partial charge in [0.25, 0.3) is 0 Å². The van der Waals surface area contributed by atoms with Crippen LogP contribution in [0.1, 0.15) is 6.92 Å². The molecule has 1 aliphatic rings. The third-order valence-corrected chi connectivity index (χ3v) is 4.51. The molecule has 0 aromatic heterocycles. The molecular weight excluding hydrogens is 252 g/mol. The highest BCUT2D eigenvalue weighted by Crippen LogP contribution is 2.19. The van der Waals surface area contributed by atoms with Gasteiger partial charge in [0.1, 0.15) is 0 Å². The number of rotatable bonds is 2. The molecule has 1 N–H and O–H groups in total. The Morgan fingerprint density at radius 3 is 2.22 bits per heavy atom. The van der Waals surface area contributed by atoms with Crippen molar-refractivity contribution in [3.8, 4) is 0 Å². The second-order valence-corrected chi connectivity index (χ2v) is 6.67. The van der Waals surface area contributed by atoms with Crippen molar-refractivity contribution >= 4 is 27.1 Å². The molecule has 0 atom stereocenters. The summed E-state index contributed by atoms with van der Waals surface area (Å²) in [5.41, 5.74) is 1.73. The van der Waals surface area contributed by atoms with Gasteiger partial charge in [-0.05, 0) is 24.3 Å². The zero-order chi connectivity index (χ0) is 13.2. The van der Waals surface area contributed by atoms with Crippen molar-refractivity contribution in [1.29, 1.82) is 0 Å². The second-order valence-electron chi connectivity index (χ2n) is 4.37. The Bertz CT molecular complexity index is 523. The van der Waals surface area contributed by atoms with E-state index in [0.29, 0.717) is 13.1 Å². The lowest BCUT2D eigenvalue weighted by atomic mass is 10.2.